The zero-order valence-electron chi connectivity index (χ0n) is 9.58. The number of carbonyl (C=O) groups is 1. The number of aryl methyl sites for hydroxylation is 1. The third-order valence-corrected chi connectivity index (χ3v) is 2.63. The molecule has 0 atom stereocenters. The maximum absolute atomic E-state index is 12.0. The van der Waals surface area contributed by atoms with Crippen LogP contribution in [0, 0.1) is 0 Å². The molecule has 7 heteroatoms. The highest BCUT2D eigenvalue weighted by atomic mass is 16.1. The fourth-order valence-corrected chi connectivity index (χ4v) is 1.71. The number of amides is 1. The molecule has 2 heterocycles. The molecule has 7 nitrogen and oxygen atoms in total. The van der Waals surface area contributed by atoms with Crippen molar-refractivity contribution in [3.63, 3.8) is 0 Å². The second kappa shape index (κ2) is 3.95. The average Bonchev–Trinajstić information content (AvgIpc) is 3.00. The number of aromatic amines is 1. The van der Waals surface area contributed by atoms with Gasteiger partial charge in [0.25, 0.3) is 5.91 Å². The van der Waals surface area contributed by atoms with E-state index in [4.69, 9.17) is 0 Å². The summed E-state index contributed by atoms with van der Waals surface area (Å²) in [5.74, 6) is 0.0833. The number of benzene rings is 1. The van der Waals surface area contributed by atoms with Crippen LogP contribution in [-0.2, 0) is 7.05 Å². The quantitative estimate of drug-likeness (QED) is 0.700. The fourth-order valence-electron chi connectivity index (χ4n) is 1.71. The summed E-state index contributed by atoms with van der Waals surface area (Å²) in [7, 11) is 1.88. The van der Waals surface area contributed by atoms with E-state index < -0.39 is 0 Å². The fraction of sp³-hybridized carbons (Fsp3) is 0.0909. The Labute approximate surface area is 102 Å². The number of anilines is 1. The molecule has 0 saturated heterocycles. The summed E-state index contributed by atoms with van der Waals surface area (Å²) >= 11 is 0. The Morgan fingerprint density at radius 3 is 3.06 bits per heavy atom. The average molecular weight is 242 g/mol. The minimum absolute atomic E-state index is 0.241. The topological polar surface area (TPSA) is 88.5 Å². The van der Waals surface area contributed by atoms with Crippen LogP contribution in [0.3, 0.4) is 0 Å². The van der Waals surface area contributed by atoms with Gasteiger partial charge in [0.05, 0.1) is 17.4 Å². The highest BCUT2D eigenvalue weighted by Crippen LogP contribution is 2.14. The number of fused-ring (bicyclic) bond motifs is 1. The number of rotatable bonds is 2. The Balaban J connectivity index is 1.93. The van der Waals surface area contributed by atoms with Gasteiger partial charge in [-0.15, -0.1) is 0 Å². The second-order valence-corrected chi connectivity index (χ2v) is 3.85. The van der Waals surface area contributed by atoms with Gasteiger partial charge < -0.3 is 4.57 Å². The highest BCUT2D eigenvalue weighted by molar-refractivity contribution is 6.05. The lowest BCUT2D eigenvalue weighted by molar-refractivity contribution is 0.102. The number of nitrogens with one attached hydrogen (secondary N) is 2. The molecule has 2 aromatic heterocycles. The summed E-state index contributed by atoms with van der Waals surface area (Å²) in [5.41, 5.74) is 2.30. The largest absolute Gasteiger partial charge is 0.334 e. The number of carbonyl (C=O) groups excluding carboxylic acids is 1. The predicted molar refractivity (Wildman–Crippen MR) is 65.0 cm³/mol. The Morgan fingerprint density at radius 2 is 2.28 bits per heavy atom. The number of H-pyrrole nitrogens is 1. The first-order valence-electron chi connectivity index (χ1n) is 5.32. The van der Waals surface area contributed by atoms with Gasteiger partial charge in [-0.2, -0.15) is 10.1 Å². The first-order chi connectivity index (χ1) is 8.74. The van der Waals surface area contributed by atoms with E-state index in [1.54, 1.807) is 18.5 Å². The van der Waals surface area contributed by atoms with E-state index in [1.165, 1.54) is 6.33 Å². The minimum Gasteiger partial charge on any atom is -0.334 e. The van der Waals surface area contributed by atoms with Crippen LogP contribution in [0.4, 0.5) is 5.95 Å². The first-order valence-corrected chi connectivity index (χ1v) is 5.32. The second-order valence-electron chi connectivity index (χ2n) is 3.85. The van der Waals surface area contributed by atoms with Crippen LogP contribution in [0.2, 0.25) is 0 Å². The normalized spacial score (nSPS) is 10.7. The zero-order valence-corrected chi connectivity index (χ0v) is 9.58. The Kier molecular flexibility index (Phi) is 2.30. The van der Waals surface area contributed by atoms with E-state index in [0.29, 0.717) is 11.5 Å². The van der Waals surface area contributed by atoms with Gasteiger partial charge in [-0.05, 0) is 18.2 Å². The molecular formula is C11H10N6O. The summed E-state index contributed by atoms with van der Waals surface area (Å²) in [4.78, 5) is 20.0. The van der Waals surface area contributed by atoms with Crippen molar-refractivity contribution in [2.45, 2.75) is 0 Å². The monoisotopic (exact) mass is 242 g/mol. The lowest BCUT2D eigenvalue weighted by Gasteiger charge is -2.02. The van der Waals surface area contributed by atoms with Crippen molar-refractivity contribution in [3.05, 3.63) is 36.4 Å². The number of imidazole rings is 1. The molecule has 1 amide bonds. The summed E-state index contributed by atoms with van der Waals surface area (Å²) in [5, 5.41) is 8.85. The molecule has 0 aliphatic carbocycles. The van der Waals surface area contributed by atoms with Crippen LogP contribution in [0.25, 0.3) is 11.0 Å². The number of hydrogen-bond acceptors (Lipinski definition) is 4. The maximum Gasteiger partial charge on any atom is 0.258 e. The van der Waals surface area contributed by atoms with Gasteiger partial charge >= 0.3 is 0 Å². The molecule has 2 N–H and O–H groups in total. The van der Waals surface area contributed by atoms with Crippen molar-refractivity contribution >= 4 is 22.9 Å². The van der Waals surface area contributed by atoms with Crippen molar-refractivity contribution in [3.8, 4) is 0 Å². The zero-order chi connectivity index (χ0) is 12.5. The van der Waals surface area contributed by atoms with Gasteiger partial charge in [0, 0.05) is 12.6 Å². The molecule has 0 saturated carbocycles. The van der Waals surface area contributed by atoms with Crippen molar-refractivity contribution in [2.75, 3.05) is 5.32 Å². The summed E-state index contributed by atoms with van der Waals surface area (Å²) in [6.07, 6.45) is 3.04. The maximum atomic E-state index is 12.0. The molecule has 90 valence electrons. The number of aromatic nitrogens is 5. The van der Waals surface area contributed by atoms with Crippen molar-refractivity contribution in [1.82, 2.24) is 24.7 Å². The molecule has 1 aromatic carbocycles. The molecule has 0 aliphatic rings. The molecule has 3 rings (SSSR count). The van der Waals surface area contributed by atoms with E-state index in [0.717, 1.165) is 11.0 Å². The standard InChI is InChI=1S/C11H10N6O/c1-17-6-13-8-3-2-7(4-9(8)17)10(18)15-11-12-5-14-16-11/h2-6H,1H3,(H2,12,14,15,16,18). The Morgan fingerprint density at radius 1 is 1.39 bits per heavy atom. The summed E-state index contributed by atoms with van der Waals surface area (Å²) < 4.78 is 1.86. The lowest BCUT2D eigenvalue weighted by atomic mass is 10.2. The summed E-state index contributed by atoms with van der Waals surface area (Å²) in [6, 6.07) is 5.32. The summed E-state index contributed by atoms with van der Waals surface area (Å²) in [6.45, 7) is 0. The van der Waals surface area contributed by atoms with Gasteiger partial charge in [-0.3, -0.25) is 10.1 Å². The molecule has 18 heavy (non-hydrogen) atoms. The smallest absolute Gasteiger partial charge is 0.258 e. The van der Waals surface area contributed by atoms with Gasteiger partial charge in [0.2, 0.25) is 5.95 Å². The van der Waals surface area contributed by atoms with E-state index in [1.807, 2.05) is 17.7 Å². The molecule has 0 radical (unpaired) electrons. The number of nitrogens with zero attached hydrogens (tertiary/aromatic N) is 4. The Hall–Kier alpha value is -2.70. The first kappa shape index (κ1) is 10.5. The van der Waals surface area contributed by atoms with Crippen LogP contribution < -0.4 is 5.32 Å². The van der Waals surface area contributed by atoms with E-state index in [-0.39, 0.29) is 5.91 Å². The van der Waals surface area contributed by atoms with Crippen LogP contribution in [0.1, 0.15) is 10.4 Å². The lowest BCUT2D eigenvalue weighted by Crippen LogP contribution is -2.13. The van der Waals surface area contributed by atoms with Crippen LogP contribution in [-0.4, -0.2) is 30.6 Å². The van der Waals surface area contributed by atoms with Gasteiger partial charge in [-0.1, -0.05) is 0 Å². The molecule has 0 spiro atoms. The molecular weight excluding hydrogens is 232 g/mol. The van der Waals surface area contributed by atoms with E-state index in [2.05, 4.69) is 25.5 Å². The minimum atomic E-state index is -0.241. The molecule has 0 unspecified atom stereocenters. The van der Waals surface area contributed by atoms with Crippen molar-refractivity contribution in [2.24, 2.45) is 7.05 Å². The molecule has 0 bridgehead atoms. The predicted octanol–water partition coefficient (Wildman–Crippen LogP) is 0.944. The van der Waals surface area contributed by atoms with Crippen molar-refractivity contribution < 1.29 is 4.79 Å². The van der Waals surface area contributed by atoms with Gasteiger partial charge in [0.15, 0.2) is 0 Å². The highest BCUT2D eigenvalue weighted by Gasteiger charge is 2.09. The molecule has 0 aliphatic heterocycles. The number of hydrogen-bond donors (Lipinski definition) is 2. The van der Waals surface area contributed by atoms with Crippen LogP contribution in [0.5, 0.6) is 0 Å². The molecule has 3 aromatic rings. The van der Waals surface area contributed by atoms with Gasteiger partial charge in [-0.25, -0.2) is 10.1 Å². The van der Waals surface area contributed by atoms with Crippen molar-refractivity contribution in [1.29, 1.82) is 0 Å². The van der Waals surface area contributed by atoms with Gasteiger partial charge in [0.1, 0.15) is 6.33 Å². The third kappa shape index (κ3) is 1.71. The third-order valence-electron chi connectivity index (χ3n) is 2.63. The van der Waals surface area contributed by atoms with E-state index in [9.17, 15) is 4.79 Å². The van der Waals surface area contributed by atoms with Crippen LogP contribution in [0.15, 0.2) is 30.9 Å². The molecule has 0 fully saturated rings. The Bertz CT molecular complexity index is 699. The van der Waals surface area contributed by atoms with E-state index >= 15 is 0 Å². The SMILES string of the molecule is Cn1cnc2ccc(C(=O)Nc3ncn[nH]3)cc21. The van der Waals surface area contributed by atoms with Crippen LogP contribution >= 0.6 is 0 Å².